The summed E-state index contributed by atoms with van der Waals surface area (Å²) in [6, 6.07) is 19.0. The van der Waals surface area contributed by atoms with Crippen LogP contribution in [0, 0.1) is 10.8 Å². The number of nitrogen functional groups attached to an aromatic ring is 1. The molecule has 74 heavy (non-hydrogen) atoms. The molecule has 0 saturated heterocycles. The molecule has 4 amide bonds. The highest BCUT2D eigenvalue weighted by atomic mass is 16.6. The third kappa shape index (κ3) is 12.0. The molecule has 1 aliphatic heterocycles. The van der Waals surface area contributed by atoms with E-state index >= 15 is 0 Å². The Morgan fingerprint density at radius 3 is 2.31 bits per heavy atom. The number of carbonyl (C=O) groups excluding carboxylic acids is 4. The normalized spacial score (nSPS) is 12.0. The first-order chi connectivity index (χ1) is 35.5. The number of amides is 4. The second kappa shape index (κ2) is 23.4. The van der Waals surface area contributed by atoms with Crippen molar-refractivity contribution in [1.82, 2.24) is 35.1 Å². The van der Waals surface area contributed by atoms with Crippen molar-refractivity contribution in [3.05, 3.63) is 119 Å². The van der Waals surface area contributed by atoms with Gasteiger partial charge in [-0.2, -0.15) is 4.99 Å². The molecular formula is C52H59N13O9. The molecule has 0 radical (unpaired) electrons. The van der Waals surface area contributed by atoms with E-state index in [0.29, 0.717) is 60.8 Å². The lowest BCUT2D eigenvalue weighted by Gasteiger charge is -2.26. The number of rotatable bonds is 17. The first-order valence-electron chi connectivity index (χ1n) is 23.9. The van der Waals surface area contributed by atoms with Crippen molar-refractivity contribution in [2.45, 2.75) is 66.0 Å². The molecule has 0 fully saturated rings. The lowest BCUT2D eigenvalue weighted by atomic mass is 9.98. The summed E-state index contributed by atoms with van der Waals surface area (Å²) >= 11 is 0. The number of anilines is 3. The van der Waals surface area contributed by atoms with Crippen LogP contribution in [-0.2, 0) is 17.8 Å². The van der Waals surface area contributed by atoms with E-state index in [0.717, 1.165) is 27.7 Å². The van der Waals surface area contributed by atoms with Crippen molar-refractivity contribution in [1.29, 1.82) is 10.8 Å². The number of phenols is 2. The van der Waals surface area contributed by atoms with Gasteiger partial charge in [-0.3, -0.25) is 34.7 Å². The Morgan fingerprint density at radius 2 is 1.65 bits per heavy atom. The van der Waals surface area contributed by atoms with Crippen molar-refractivity contribution >= 4 is 63.8 Å². The number of benzene rings is 4. The molecular weight excluding hydrogens is 951 g/mol. The molecule has 4 aromatic carbocycles. The maximum absolute atomic E-state index is 13.4. The maximum Gasteiger partial charge on any atom is 0.415 e. The minimum Gasteiger partial charge on any atom is -0.508 e. The Kier molecular flexibility index (Phi) is 16.7. The Bertz CT molecular complexity index is 3160. The van der Waals surface area contributed by atoms with E-state index in [1.807, 2.05) is 38.3 Å². The summed E-state index contributed by atoms with van der Waals surface area (Å²) in [5.41, 5.74) is 8.20. The molecule has 0 bridgehead atoms. The van der Waals surface area contributed by atoms with Crippen LogP contribution in [0.15, 0.2) is 90.2 Å². The predicted molar refractivity (Wildman–Crippen MR) is 278 cm³/mol. The van der Waals surface area contributed by atoms with E-state index in [2.05, 4.69) is 30.9 Å². The molecule has 7 rings (SSSR count). The van der Waals surface area contributed by atoms with Crippen LogP contribution in [0.1, 0.15) is 84.4 Å². The number of ether oxygens (including phenoxy) is 3. The number of likely N-dealkylation sites (N-methyl/N-ethyl adjacent to an activating group) is 1. The van der Waals surface area contributed by atoms with Gasteiger partial charge < -0.3 is 51.0 Å². The smallest absolute Gasteiger partial charge is 0.415 e. The quantitative estimate of drug-likeness (QED) is 0.0308. The SMILES string of the molecule is CCNC(=O)C(=N)N(C(=N)c1cc(C(C)C)c(O)cc1O)c1ccc(C(=O)NCCc2ccc(OC(=O)N(CCCOc3ccc4c5n(c(=NC(=O)c6cnc(N)nc6)nc4c3OC)CCN5)C(C)C)cc2)cc1. The number of nitrogens with zero attached hydrogens (tertiary/aromatic N) is 7. The zero-order valence-electron chi connectivity index (χ0n) is 41.9. The van der Waals surface area contributed by atoms with Gasteiger partial charge in [0.1, 0.15) is 34.4 Å². The number of nitrogens with one attached hydrogen (secondary N) is 5. The third-order valence-electron chi connectivity index (χ3n) is 11.9. The van der Waals surface area contributed by atoms with E-state index in [-0.39, 0.29) is 83.1 Å². The van der Waals surface area contributed by atoms with Crippen molar-refractivity contribution in [2.75, 3.05) is 55.8 Å². The second-order valence-corrected chi connectivity index (χ2v) is 17.6. The van der Waals surface area contributed by atoms with Crippen LogP contribution in [0.5, 0.6) is 28.7 Å². The van der Waals surface area contributed by atoms with Crippen LogP contribution in [0.3, 0.4) is 0 Å². The Hall–Kier alpha value is -9.08. The highest BCUT2D eigenvalue weighted by Crippen LogP contribution is 2.38. The summed E-state index contributed by atoms with van der Waals surface area (Å²) in [5, 5.41) is 48.3. The molecule has 22 nitrogen and oxygen atoms in total. The molecule has 22 heteroatoms. The fourth-order valence-corrected chi connectivity index (χ4v) is 8.08. The number of phenolic OH excluding ortho intramolecular Hbond substituents is 2. The second-order valence-electron chi connectivity index (χ2n) is 17.6. The zero-order chi connectivity index (χ0) is 53.2. The van der Waals surface area contributed by atoms with Gasteiger partial charge in [-0.1, -0.05) is 26.0 Å². The molecule has 3 heterocycles. The van der Waals surface area contributed by atoms with Crippen molar-refractivity contribution in [2.24, 2.45) is 4.99 Å². The number of aromatic hydroxyl groups is 2. The van der Waals surface area contributed by atoms with Crippen LogP contribution in [-0.4, -0.2) is 116 Å². The van der Waals surface area contributed by atoms with Gasteiger partial charge in [-0.05, 0) is 105 Å². The van der Waals surface area contributed by atoms with Crippen molar-refractivity contribution in [3.8, 4) is 28.7 Å². The zero-order valence-corrected chi connectivity index (χ0v) is 41.9. The van der Waals surface area contributed by atoms with E-state index in [9.17, 15) is 29.4 Å². The maximum atomic E-state index is 13.4. The van der Waals surface area contributed by atoms with E-state index < -0.39 is 29.5 Å². The number of carbonyl (C=O) groups is 4. The van der Waals surface area contributed by atoms with Crippen molar-refractivity contribution < 1.29 is 43.6 Å². The van der Waals surface area contributed by atoms with Crippen LogP contribution < -0.4 is 46.4 Å². The third-order valence-corrected chi connectivity index (χ3v) is 11.9. The minimum absolute atomic E-state index is 0.00229. The molecule has 0 aliphatic carbocycles. The average molecular weight is 1010 g/mol. The summed E-state index contributed by atoms with van der Waals surface area (Å²) in [5.74, 6) is -1.50. The summed E-state index contributed by atoms with van der Waals surface area (Å²) in [6.45, 7) is 11.4. The predicted octanol–water partition coefficient (Wildman–Crippen LogP) is 5.71. The van der Waals surface area contributed by atoms with Gasteiger partial charge in [-0.25, -0.2) is 19.7 Å². The highest BCUT2D eigenvalue weighted by Gasteiger charge is 2.28. The summed E-state index contributed by atoms with van der Waals surface area (Å²) in [7, 11) is 1.50. The average Bonchev–Trinajstić information content (AvgIpc) is 3.88. The molecule has 0 spiro atoms. The van der Waals surface area contributed by atoms with E-state index in [4.69, 9.17) is 35.7 Å². The summed E-state index contributed by atoms with van der Waals surface area (Å²) in [6.07, 6.45) is 3.00. The number of hydrogen-bond donors (Lipinski definition) is 8. The molecule has 0 saturated carbocycles. The monoisotopic (exact) mass is 1010 g/mol. The standard InChI is InChI=1S/C52H59N13O9/c1-7-56-49(70)45(54)65(44(53)38-25-37(29(2)3)39(66)26-40(38)67)34-13-11-32(12-14-34)47(68)58-20-19-31-9-15-35(16-10-31)74-52(71)63(30(4)5)22-8-24-73-41-18-17-36-42(43(41)72-6)61-51(64-23-21-57-46(36)64)62-48(69)33-27-59-50(55)60-28-33/h9-18,25-30,53-54,57,66-67H,7-8,19-24H2,1-6H3,(H,56,70)(H,58,68)(H2,55,59,60). The molecule has 1 aliphatic rings. The Morgan fingerprint density at radius 1 is 0.932 bits per heavy atom. The van der Waals surface area contributed by atoms with Crippen LogP contribution >= 0.6 is 0 Å². The number of methoxy groups -OCH3 is 1. The first kappa shape index (κ1) is 52.7. The topological polar surface area (TPSA) is 309 Å². The van der Waals surface area contributed by atoms with Gasteiger partial charge in [0, 0.05) is 73.9 Å². The van der Waals surface area contributed by atoms with Crippen LogP contribution in [0.2, 0.25) is 0 Å². The fraction of sp³-hybridized carbons (Fsp3) is 0.308. The Labute approximate surface area is 426 Å². The van der Waals surface area contributed by atoms with Crippen molar-refractivity contribution in [3.63, 3.8) is 0 Å². The van der Waals surface area contributed by atoms with Gasteiger partial charge in [0.15, 0.2) is 17.3 Å². The number of fused-ring (bicyclic) bond motifs is 3. The molecule has 0 atom stereocenters. The van der Waals surface area contributed by atoms with Crippen LogP contribution in [0.25, 0.3) is 10.9 Å². The summed E-state index contributed by atoms with van der Waals surface area (Å²) < 4.78 is 19.5. The lowest BCUT2D eigenvalue weighted by Crippen LogP contribution is -2.46. The van der Waals surface area contributed by atoms with Crippen LogP contribution in [0.4, 0.5) is 22.2 Å². The number of nitrogens with two attached hydrogens (primary N) is 1. The fourth-order valence-electron chi connectivity index (χ4n) is 8.08. The van der Waals surface area contributed by atoms with E-state index in [1.165, 1.54) is 49.8 Å². The molecule has 2 aromatic heterocycles. The van der Waals surface area contributed by atoms with Gasteiger partial charge in [-0.15, -0.1) is 0 Å². The number of hydrogen-bond acceptors (Lipinski definition) is 16. The first-order valence-corrected chi connectivity index (χ1v) is 23.9. The lowest BCUT2D eigenvalue weighted by molar-refractivity contribution is -0.114. The number of amidine groups is 2. The van der Waals surface area contributed by atoms with E-state index in [1.54, 1.807) is 42.2 Å². The van der Waals surface area contributed by atoms with Gasteiger partial charge in [0.2, 0.25) is 11.6 Å². The largest absolute Gasteiger partial charge is 0.508 e. The molecule has 0 unspecified atom stereocenters. The van der Waals surface area contributed by atoms with Gasteiger partial charge in [0.25, 0.3) is 17.7 Å². The molecule has 386 valence electrons. The Balaban J connectivity index is 0.922. The highest BCUT2D eigenvalue weighted by molar-refractivity contribution is 6.48. The van der Waals surface area contributed by atoms with Gasteiger partial charge in [0.05, 0.1) is 24.8 Å². The number of aromatic nitrogens is 4. The molecule has 9 N–H and O–H groups in total. The minimum atomic E-state index is -0.753. The van der Waals surface area contributed by atoms with Gasteiger partial charge >= 0.3 is 6.09 Å². The summed E-state index contributed by atoms with van der Waals surface area (Å²) in [4.78, 5) is 71.9. The molecule has 6 aromatic rings.